The van der Waals surface area contributed by atoms with Crippen LogP contribution in [0.1, 0.15) is 58.2 Å². The van der Waals surface area contributed by atoms with Gasteiger partial charge in [0.05, 0.1) is 12.5 Å². The van der Waals surface area contributed by atoms with Crippen LogP contribution in [0.15, 0.2) is 4.52 Å². The summed E-state index contributed by atoms with van der Waals surface area (Å²) in [5, 5.41) is 7.52. The zero-order valence-corrected chi connectivity index (χ0v) is 12.6. The number of nitrogens with one attached hydrogen (secondary N) is 1. The van der Waals surface area contributed by atoms with Gasteiger partial charge in [-0.3, -0.25) is 0 Å². The Morgan fingerprint density at radius 3 is 2.74 bits per heavy atom. The van der Waals surface area contributed by atoms with Crippen molar-refractivity contribution >= 4 is 0 Å². The van der Waals surface area contributed by atoms with E-state index < -0.39 is 0 Å². The Labute approximate surface area is 116 Å². The molecule has 0 radical (unpaired) electrons. The van der Waals surface area contributed by atoms with Gasteiger partial charge in [0.2, 0.25) is 5.89 Å². The standard InChI is InChI=1S/C14H27N3O2/c1-5-9-15-11(4)12(6-2)14-16-13(17-19-14)8-10-18-7-3/h11-12,15H,5-10H2,1-4H3. The molecule has 1 N–H and O–H groups in total. The lowest BCUT2D eigenvalue weighted by Gasteiger charge is -2.20. The van der Waals surface area contributed by atoms with Crippen molar-refractivity contribution in [2.75, 3.05) is 19.8 Å². The fourth-order valence-electron chi connectivity index (χ4n) is 2.08. The van der Waals surface area contributed by atoms with Crippen molar-refractivity contribution in [2.24, 2.45) is 0 Å². The van der Waals surface area contributed by atoms with Crippen LogP contribution in [0.4, 0.5) is 0 Å². The van der Waals surface area contributed by atoms with Gasteiger partial charge in [-0.1, -0.05) is 19.0 Å². The summed E-state index contributed by atoms with van der Waals surface area (Å²) in [5.74, 6) is 1.76. The molecule has 1 aromatic rings. The second-order valence-electron chi connectivity index (χ2n) is 4.75. The molecule has 1 aromatic heterocycles. The molecule has 5 heteroatoms. The molecule has 0 aromatic carbocycles. The van der Waals surface area contributed by atoms with E-state index in [1.54, 1.807) is 0 Å². The maximum Gasteiger partial charge on any atom is 0.231 e. The van der Waals surface area contributed by atoms with Crippen LogP contribution >= 0.6 is 0 Å². The van der Waals surface area contributed by atoms with E-state index in [0.717, 1.165) is 37.7 Å². The van der Waals surface area contributed by atoms with Crippen LogP contribution in [0.3, 0.4) is 0 Å². The minimum Gasteiger partial charge on any atom is -0.381 e. The van der Waals surface area contributed by atoms with E-state index in [4.69, 9.17) is 9.26 Å². The van der Waals surface area contributed by atoms with Crippen molar-refractivity contribution in [3.63, 3.8) is 0 Å². The monoisotopic (exact) mass is 269 g/mol. The first-order valence-electron chi connectivity index (χ1n) is 7.36. The Hall–Kier alpha value is -0.940. The van der Waals surface area contributed by atoms with Crippen molar-refractivity contribution in [3.05, 3.63) is 11.7 Å². The van der Waals surface area contributed by atoms with Crippen LogP contribution < -0.4 is 5.32 Å². The van der Waals surface area contributed by atoms with Gasteiger partial charge in [0.25, 0.3) is 0 Å². The van der Waals surface area contributed by atoms with Gasteiger partial charge in [0.1, 0.15) is 0 Å². The minimum atomic E-state index is 0.278. The molecule has 19 heavy (non-hydrogen) atoms. The van der Waals surface area contributed by atoms with Gasteiger partial charge in [0.15, 0.2) is 5.82 Å². The zero-order chi connectivity index (χ0) is 14.1. The molecule has 5 nitrogen and oxygen atoms in total. The highest BCUT2D eigenvalue weighted by atomic mass is 16.5. The number of ether oxygens (including phenoxy) is 1. The summed E-state index contributed by atoms with van der Waals surface area (Å²) in [4.78, 5) is 4.48. The smallest absolute Gasteiger partial charge is 0.231 e. The Morgan fingerprint density at radius 2 is 2.11 bits per heavy atom. The molecule has 110 valence electrons. The molecule has 0 spiro atoms. The second kappa shape index (κ2) is 9.04. The summed E-state index contributed by atoms with van der Waals surface area (Å²) < 4.78 is 10.7. The van der Waals surface area contributed by atoms with Gasteiger partial charge >= 0.3 is 0 Å². The summed E-state index contributed by atoms with van der Waals surface area (Å²) >= 11 is 0. The van der Waals surface area contributed by atoms with Crippen LogP contribution in [0, 0.1) is 0 Å². The van der Waals surface area contributed by atoms with Crippen molar-refractivity contribution in [3.8, 4) is 0 Å². The number of aromatic nitrogens is 2. The van der Waals surface area contributed by atoms with Crippen LogP contribution in [-0.2, 0) is 11.2 Å². The van der Waals surface area contributed by atoms with E-state index in [0.29, 0.717) is 19.1 Å². The molecule has 1 rings (SSSR count). The predicted molar refractivity (Wildman–Crippen MR) is 75.3 cm³/mol. The highest BCUT2D eigenvalue weighted by Gasteiger charge is 2.23. The number of hydrogen-bond acceptors (Lipinski definition) is 5. The summed E-state index contributed by atoms with van der Waals surface area (Å²) in [6, 6.07) is 0.352. The molecule has 1 heterocycles. The lowest BCUT2D eigenvalue weighted by molar-refractivity contribution is 0.149. The summed E-state index contributed by atoms with van der Waals surface area (Å²) in [7, 11) is 0. The number of nitrogens with zero attached hydrogens (tertiary/aromatic N) is 2. The van der Waals surface area contributed by atoms with Crippen LogP contribution in [0.5, 0.6) is 0 Å². The first-order chi connectivity index (χ1) is 9.22. The lowest BCUT2D eigenvalue weighted by Crippen LogP contribution is -2.32. The van der Waals surface area contributed by atoms with E-state index in [1.807, 2.05) is 6.92 Å². The highest BCUT2D eigenvalue weighted by molar-refractivity contribution is 4.98. The quantitative estimate of drug-likeness (QED) is 0.661. The Morgan fingerprint density at radius 1 is 1.32 bits per heavy atom. The first kappa shape index (κ1) is 16.1. The average Bonchev–Trinajstić information content (AvgIpc) is 2.86. The molecule has 0 saturated heterocycles. The van der Waals surface area contributed by atoms with E-state index >= 15 is 0 Å². The molecule has 0 aliphatic carbocycles. The summed E-state index contributed by atoms with van der Waals surface area (Å²) in [5.41, 5.74) is 0. The van der Waals surface area contributed by atoms with Gasteiger partial charge in [-0.15, -0.1) is 0 Å². The van der Waals surface area contributed by atoms with Gasteiger partial charge in [-0.2, -0.15) is 4.98 Å². The average molecular weight is 269 g/mol. The lowest BCUT2D eigenvalue weighted by atomic mass is 9.98. The maximum absolute atomic E-state index is 5.39. The van der Waals surface area contributed by atoms with Crippen LogP contribution in [0.2, 0.25) is 0 Å². The Kier molecular flexibility index (Phi) is 7.67. The molecule has 0 aliphatic heterocycles. The first-order valence-corrected chi connectivity index (χ1v) is 7.36. The van der Waals surface area contributed by atoms with Gasteiger partial charge in [0, 0.05) is 19.1 Å². The molecule has 2 atom stereocenters. The van der Waals surface area contributed by atoms with E-state index in [1.165, 1.54) is 0 Å². The number of rotatable bonds is 10. The van der Waals surface area contributed by atoms with Gasteiger partial charge in [-0.25, -0.2) is 0 Å². The largest absolute Gasteiger partial charge is 0.381 e. The third-order valence-corrected chi connectivity index (χ3v) is 3.23. The third kappa shape index (κ3) is 5.28. The molecule has 0 bridgehead atoms. The Bertz CT molecular complexity index is 341. The second-order valence-corrected chi connectivity index (χ2v) is 4.75. The molecular formula is C14H27N3O2. The molecule has 0 fully saturated rings. The predicted octanol–water partition coefficient (Wildman–Crippen LogP) is 2.53. The van der Waals surface area contributed by atoms with E-state index in [-0.39, 0.29) is 5.92 Å². The maximum atomic E-state index is 5.39. The van der Waals surface area contributed by atoms with Gasteiger partial charge < -0.3 is 14.6 Å². The number of hydrogen-bond donors (Lipinski definition) is 1. The molecule has 0 amide bonds. The van der Waals surface area contributed by atoms with Crippen molar-refractivity contribution < 1.29 is 9.26 Å². The zero-order valence-electron chi connectivity index (χ0n) is 12.6. The molecule has 2 unspecified atom stereocenters. The third-order valence-electron chi connectivity index (χ3n) is 3.23. The van der Waals surface area contributed by atoms with E-state index in [9.17, 15) is 0 Å². The van der Waals surface area contributed by atoms with Crippen molar-refractivity contribution in [1.29, 1.82) is 0 Å². The van der Waals surface area contributed by atoms with Crippen molar-refractivity contribution in [2.45, 2.75) is 58.9 Å². The SMILES string of the molecule is CCCNC(C)C(CC)c1nc(CCOCC)no1. The van der Waals surface area contributed by atoms with Crippen molar-refractivity contribution in [1.82, 2.24) is 15.5 Å². The van der Waals surface area contributed by atoms with Gasteiger partial charge in [-0.05, 0) is 33.2 Å². The van der Waals surface area contributed by atoms with Crippen LogP contribution in [-0.4, -0.2) is 35.9 Å². The van der Waals surface area contributed by atoms with E-state index in [2.05, 4.69) is 36.2 Å². The normalized spacial score (nSPS) is 14.5. The Balaban J connectivity index is 2.55. The summed E-state index contributed by atoms with van der Waals surface area (Å²) in [6.45, 7) is 10.9. The highest BCUT2D eigenvalue weighted by Crippen LogP contribution is 2.21. The molecular weight excluding hydrogens is 242 g/mol. The topological polar surface area (TPSA) is 60.2 Å². The van der Waals surface area contributed by atoms with Crippen LogP contribution in [0.25, 0.3) is 0 Å². The minimum absolute atomic E-state index is 0.278. The fraction of sp³-hybridized carbons (Fsp3) is 0.857. The summed E-state index contributed by atoms with van der Waals surface area (Å²) in [6.07, 6.45) is 2.83. The molecule has 0 saturated carbocycles. The fourth-order valence-corrected chi connectivity index (χ4v) is 2.08. The molecule has 0 aliphatic rings.